The molecule has 3 saturated heterocycles. The van der Waals surface area contributed by atoms with Gasteiger partial charge in [0.2, 0.25) is 5.91 Å². The van der Waals surface area contributed by atoms with Gasteiger partial charge in [-0.05, 0) is 42.9 Å². The summed E-state index contributed by atoms with van der Waals surface area (Å²) < 4.78 is 11.1. The predicted molar refractivity (Wildman–Crippen MR) is 99.5 cm³/mol. The minimum atomic E-state index is -0.424. The Balaban J connectivity index is 1.41. The molecular weight excluding hydrogens is 346 g/mol. The summed E-state index contributed by atoms with van der Waals surface area (Å²) >= 11 is 0. The van der Waals surface area contributed by atoms with Crippen LogP contribution < -0.4 is 4.90 Å². The number of hydrogen-bond donors (Lipinski definition) is 0. The first-order valence-electron chi connectivity index (χ1n) is 9.83. The van der Waals surface area contributed by atoms with Gasteiger partial charge in [0, 0.05) is 39.1 Å². The lowest BCUT2D eigenvalue weighted by Crippen LogP contribution is -2.40. The summed E-state index contributed by atoms with van der Waals surface area (Å²) in [4.78, 5) is 31.9. The van der Waals surface area contributed by atoms with E-state index in [1.807, 2.05) is 17.0 Å². The maximum absolute atomic E-state index is 12.4. The fourth-order valence-corrected chi connectivity index (χ4v) is 4.32. The van der Waals surface area contributed by atoms with Gasteiger partial charge in [-0.3, -0.25) is 9.69 Å². The number of anilines is 1. The summed E-state index contributed by atoms with van der Waals surface area (Å²) in [5.74, 6) is 1.39. The molecule has 1 aromatic heterocycles. The number of nitrogens with zero attached hydrogens (tertiary/aromatic N) is 3. The van der Waals surface area contributed by atoms with E-state index in [0.717, 1.165) is 45.2 Å². The van der Waals surface area contributed by atoms with Gasteiger partial charge in [-0.1, -0.05) is 0 Å². The molecule has 0 saturated carbocycles. The van der Waals surface area contributed by atoms with Crippen molar-refractivity contribution in [3.05, 3.63) is 23.9 Å². The Morgan fingerprint density at radius 2 is 2.04 bits per heavy atom. The highest BCUT2D eigenvalue weighted by molar-refractivity contribution is 5.89. The highest BCUT2D eigenvalue weighted by Gasteiger charge is 2.47. The van der Waals surface area contributed by atoms with Gasteiger partial charge >= 0.3 is 6.09 Å². The van der Waals surface area contributed by atoms with E-state index in [-0.39, 0.29) is 12.0 Å². The van der Waals surface area contributed by atoms with Gasteiger partial charge in [0.25, 0.3) is 0 Å². The maximum atomic E-state index is 12.4. The number of rotatable bonds is 3. The number of likely N-dealkylation sites (tertiary alicyclic amines) is 1. The number of aromatic nitrogens is 1. The van der Waals surface area contributed by atoms with Crippen molar-refractivity contribution < 1.29 is 19.1 Å². The van der Waals surface area contributed by atoms with Crippen molar-refractivity contribution in [3.63, 3.8) is 0 Å². The number of hydrogen-bond acceptors (Lipinski definition) is 5. The van der Waals surface area contributed by atoms with Crippen LogP contribution in [0.5, 0.6) is 0 Å². The average molecular weight is 373 g/mol. The van der Waals surface area contributed by atoms with Gasteiger partial charge in [0.05, 0.1) is 19.8 Å². The van der Waals surface area contributed by atoms with E-state index >= 15 is 0 Å². The third-order valence-corrected chi connectivity index (χ3v) is 6.05. The SMILES string of the molecule is CC(=O)N1CCC(Cc2ccnc(N3CC4(CCOCC4)OC3=O)c2)CC1. The minimum Gasteiger partial charge on any atom is -0.440 e. The Hall–Kier alpha value is -2.15. The number of amides is 2. The van der Waals surface area contributed by atoms with E-state index in [9.17, 15) is 9.59 Å². The van der Waals surface area contributed by atoms with Crippen LogP contribution in [-0.2, 0) is 20.7 Å². The predicted octanol–water partition coefficient (Wildman–Crippen LogP) is 2.39. The molecule has 4 heterocycles. The van der Waals surface area contributed by atoms with Crippen LogP contribution in [0, 0.1) is 5.92 Å². The normalized spacial score (nSPS) is 22.9. The molecule has 0 atom stereocenters. The molecule has 0 radical (unpaired) electrons. The van der Waals surface area contributed by atoms with Gasteiger partial charge in [-0.25, -0.2) is 9.78 Å². The van der Waals surface area contributed by atoms with Crippen LogP contribution in [0.25, 0.3) is 0 Å². The van der Waals surface area contributed by atoms with E-state index in [1.54, 1.807) is 18.0 Å². The number of ether oxygens (including phenoxy) is 2. The molecule has 27 heavy (non-hydrogen) atoms. The highest BCUT2D eigenvalue weighted by atomic mass is 16.6. The largest absolute Gasteiger partial charge is 0.440 e. The molecule has 0 N–H and O–H groups in total. The zero-order valence-corrected chi connectivity index (χ0v) is 15.9. The average Bonchev–Trinajstić information content (AvgIpc) is 2.98. The quantitative estimate of drug-likeness (QED) is 0.813. The van der Waals surface area contributed by atoms with E-state index in [4.69, 9.17) is 9.47 Å². The second-order valence-corrected chi connectivity index (χ2v) is 7.93. The van der Waals surface area contributed by atoms with E-state index in [2.05, 4.69) is 4.98 Å². The van der Waals surface area contributed by atoms with Crippen LogP contribution in [0.3, 0.4) is 0 Å². The van der Waals surface area contributed by atoms with E-state index in [1.165, 1.54) is 5.56 Å². The smallest absolute Gasteiger partial charge is 0.416 e. The monoisotopic (exact) mass is 373 g/mol. The van der Waals surface area contributed by atoms with Gasteiger partial charge in [0.1, 0.15) is 11.4 Å². The van der Waals surface area contributed by atoms with E-state index < -0.39 is 5.60 Å². The van der Waals surface area contributed by atoms with Crippen LogP contribution in [0.15, 0.2) is 18.3 Å². The van der Waals surface area contributed by atoms with Crippen LogP contribution in [0.4, 0.5) is 10.6 Å². The summed E-state index contributed by atoms with van der Waals surface area (Å²) in [6.07, 6.45) is 5.93. The number of carbonyl (C=O) groups excluding carboxylic acids is 2. The lowest BCUT2D eigenvalue weighted by molar-refractivity contribution is -0.130. The molecule has 0 aliphatic carbocycles. The standard InChI is InChI=1S/C20H27N3O4/c1-15(24)22-8-3-16(4-9-22)12-17-2-7-21-18(13-17)23-14-20(27-19(23)25)5-10-26-11-6-20/h2,7,13,16H,3-6,8-12,14H2,1H3. The Morgan fingerprint density at radius 3 is 2.74 bits per heavy atom. The Kier molecular flexibility index (Phi) is 5.04. The van der Waals surface area contributed by atoms with Crippen LogP contribution >= 0.6 is 0 Å². The third kappa shape index (κ3) is 3.93. The van der Waals surface area contributed by atoms with Crippen molar-refractivity contribution in [3.8, 4) is 0 Å². The Labute approximate surface area is 159 Å². The molecule has 146 valence electrons. The maximum Gasteiger partial charge on any atom is 0.416 e. The van der Waals surface area contributed by atoms with Crippen molar-refractivity contribution >= 4 is 17.8 Å². The lowest BCUT2D eigenvalue weighted by Gasteiger charge is -2.31. The van der Waals surface area contributed by atoms with Crippen molar-refractivity contribution in [2.24, 2.45) is 5.92 Å². The van der Waals surface area contributed by atoms with Crippen molar-refractivity contribution in [2.75, 3.05) is 37.7 Å². The molecule has 4 rings (SSSR count). The highest BCUT2D eigenvalue weighted by Crippen LogP contribution is 2.34. The first-order valence-corrected chi connectivity index (χ1v) is 9.83. The zero-order valence-electron chi connectivity index (χ0n) is 15.9. The van der Waals surface area contributed by atoms with Gasteiger partial charge in [-0.2, -0.15) is 0 Å². The second-order valence-electron chi connectivity index (χ2n) is 7.93. The molecule has 3 fully saturated rings. The van der Waals surface area contributed by atoms with Crippen molar-refractivity contribution in [2.45, 2.75) is 44.6 Å². The first kappa shape index (κ1) is 18.2. The topological polar surface area (TPSA) is 72.0 Å². The third-order valence-electron chi connectivity index (χ3n) is 6.05. The summed E-state index contributed by atoms with van der Waals surface area (Å²) in [7, 11) is 0. The number of piperidine rings is 1. The number of pyridine rings is 1. The summed E-state index contributed by atoms with van der Waals surface area (Å²) in [5.41, 5.74) is 0.758. The number of carbonyl (C=O) groups is 2. The molecule has 7 heteroatoms. The fourth-order valence-electron chi connectivity index (χ4n) is 4.32. The molecule has 3 aliphatic heterocycles. The first-order chi connectivity index (χ1) is 13.0. The van der Waals surface area contributed by atoms with Gasteiger partial charge in [0.15, 0.2) is 0 Å². The summed E-state index contributed by atoms with van der Waals surface area (Å²) in [5, 5.41) is 0. The Bertz CT molecular complexity index is 709. The second kappa shape index (κ2) is 7.46. The molecule has 7 nitrogen and oxygen atoms in total. The molecule has 0 unspecified atom stereocenters. The summed E-state index contributed by atoms with van der Waals surface area (Å²) in [6, 6.07) is 4.03. The van der Waals surface area contributed by atoms with E-state index in [0.29, 0.717) is 31.5 Å². The fraction of sp³-hybridized carbons (Fsp3) is 0.650. The van der Waals surface area contributed by atoms with Crippen LogP contribution in [0.2, 0.25) is 0 Å². The molecule has 2 amide bonds. The van der Waals surface area contributed by atoms with Gasteiger partial charge in [-0.15, -0.1) is 0 Å². The molecular formula is C20H27N3O4. The van der Waals surface area contributed by atoms with Crippen LogP contribution in [-0.4, -0.2) is 60.3 Å². The van der Waals surface area contributed by atoms with Gasteiger partial charge < -0.3 is 14.4 Å². The molecule has 0 aromatic carbocycles. The molecule has 3 aliphatic rings. The summed E-state index contributed by atoms with van der Waals surface area (Å²) in [6.45, 7) is 5.11. The minimum absolute atomic E-state index is 0.161. The van der Waals surface area contributed by atoms with Crippen LogP contribution in [0.1, 0.15) is 38.2 Å². The lowest BCUT2D eigenvalue weighted by atomic mass is 9.90. The van der Waals surface area contributed by atoms with Crippen molar-refractivity contribution in [1.82, 2.24) is 9.88 Å². The molecule has 1 spiro atoms. The molecule has 1 aromatic rings. The zero-order chi connectivity index (χ0) is 18.9. The van der Waals surface area contributed by atoms with Crippen molar-refractivity contribution in [1.29, 1.82) is 0 Å². The molecule has 0 bridgehead atoms. The Morgan fingerprint density at radius 1 is 1.30 bits per heavy atom.